The number of hydrogen-bond acceptors (Lipinski definition) is 7. The number of esters is 1. The zero-order valence-electron chi connectivity index (χ0n) is 16.5. The Morgan fingerprint density at radius 3 is 2.53 bits per heavy atom. The summed E-state index contributed by atoms with van der Waals surface area (Å²) in [7, 11) is 1.61. The Bertz CT molecular complexity index is 1100. The highest BCUT2D eigenvalue weighted by Crippen LogP contribution is 2.32. The third kappa shape index (κ3) is 5.31. The molecule has 7 nitrogen and oxygen atoms in total. The van der Waals surface area contributed by atoms with E-state index >= 15 is 0 Å². The molecule has 3 aromatic rings. The van der Waals surface area contributed by atoms with Crippen LogP contribution in [0.15, 0.2) is 58.2 Å². The van der Waals surface area contributed by atoms with E-state index in [1.807, 2.05) is 24.3 Å². The van der Waals surface area contributed by atoms with Crippen molar-refractivity contribution < 1.29 is 19.1 Å². The number of methoxy groups -OCH3 is 1. The predicted molar refractivity (Wildman–Crippen MR) is 120 cm³/mol. The SMILES string of the molecule is COc1ccc(-c2cnc(N(/N=C/c3cc(Br)ccc3OC(C)=O)C(C)=O)s2)cc1. The molecule has 2 aromatic carbocycles. The second-order valence-electron chi connectivity index (χ2n) is 6.09. The van der Waals surface area contributed by atoms with Crippen LogP contribution in [0.3, 0.4) is 0 Å². The molecule has 0 unspecified atom stereocenters. The van der Waals surface area contributed by atoms with Crippen LogP contribution < -0.4 is 14.5 Å². The van der Waals surface area contributed by atoms with Gasteiger partial charge in [-0.05, 0) is 48.0 Å². The molecule has 0 N–H and O–H groups in total. The van der Waals surface area contributed by atoms with E-state index in [0.717, 1.165) is 20.7 Å². The lowest BCUT2D eigenvalue weighted by Crippen LogP contribution is -2.22. The summed E-state index contributed by atoms with van der Waals surface area (Å²) in [6, 6.07) is 12.7. The van der Waals surface area contributed by atoms with E-state index in [0.29, 0.717) is 16.4 Å². The molecule has 0 saturated heterocycles. The van der Waals surface area contributed by atoms with Gasteiger partial charge < -0.3 is 9.47 Å². The molecule has 1 heterocycles. The molecule has 0 aliphatic heterocycles. The summed E-state index contributed by atoms with van der Waals surface area (Å²) in [5.74, 6) is 0.359. The van der Waals surface area contributed by atoms with Crippen molar-refractivity contribution >= 4 is 50.5 Å². The van der Waals surface area contributed by atoms with Gasteiger partial charge in [0, 0.05) is 30.1 Å². The summed E-state index contributed by atoms with van der Waals surface area (Å²) in [5, 5.41) is 5.91. The molecule has 0 aliphatic rings. The number of aromatic nitrogens is 1. The van der Waals surface area contributed by atoms with Crippen molar-refractivity contribution in [3.8, 4) is 21.9 Å². The van der Waals surface area contributed by atoms with Crippen molar-refractivity contribution in [3.05, 3.63) is 58.7 Å². The van der Waals surface area contributed by atoms with Crippen LogP contribution in [0.4, 0.5) is 5.13 Å². The second kappa shape index (κ2) is 9.64. The molecule has 0 spiro atoms. The fourth-order valence-electron chi connectivity index (χ4n) is 2.50. The summed E-state index contributed by atoms with van der Waals surface area (Å²) >= 11 is 4.71. The van der Waals surface area contributed by atoms with Gasteiger partial charge >= 0.3 is 5.97 Å². The predicted octanol–water partition coefficient (Wildman–Crippen LogP) is 4.89. The van der Waals surface area contributed by atoms with Crippen LogP contribution in [0.1, 0.15) is 19.4 Å². The first-order chi connectivity index (χ1) is 14.4. The van der Waals surface area contributed by atoms with Crippen LogP contribution in [-0.4, -0.2) is 30.2 Å². The van der Waals surface area contributed by atoms with Gasteiger partial charge in [-0.25, -0.2) is 4.98 Å². The Morgan fingerprint density at radius 2 is 1.90 bits per heavy atom. The molecular formula is C21H18BrN3O4S. The maximum absolute atomic E-state index is 12.2. The summed E-state index contributed by atoms with van der Waals surface area (Å²) in [5.41, 5.74) is 1.49. The summed E-state index contributed by atoms with van der Waals surface area (Å²) in [6.07, 6.45) is 3.15. The molecule has 1 aromatic heterocycles. The highest BCUT2D eigenvalue weighted by molar-refractivity contribution is 9.10. The van der Waals surface area contributed by atoms with Crippen molar-refractivity contribution in [2.45, 2.75) is 13.8 Å². The zero-order valence-corrected chi connectivity index (χ0v) is 18.9. The van der Waals surface area contributed by atoms with Crippen LogP contribution in [0, 0.1) is 0 Å². The fourth-order valence-corrected chi connectivity index (χ4v) is 3.81. The first-order valence-electron chi connectivity index (χ1n) is 8.80. The van der Waals surface area contributed by atoms with E-state index in [-0.39, 0.29) is 5.91 Å². The number of hydrogen-bond donors (Lipinski definition) is 0. The van der Waals surface area contributed by atoms with E-state index in [9.17, 15) is 9.59 Å². The van der Waals surface area contributed by atoms with E-state index in [1.165, 1.54) is 36.4 Å². The van der Waals surface area contributed by atoms with Gasteiger partial charge in [0.15, 0.2) is 0 Å². The monoisotopic (exact) mass is 487 g/mol. The molecule has 9 heteroatoms. The number of thiazole rings is 1. The number of carbonyl (C=O) groups is 2. The van der Waals surface area contributed by atoms with Crippen molar-refractivity contribution in [1.29, 1.82) is 0 Å². The van der Waals surface area contributed by atoms with E-state index < -0.39 is 5.97 Å². The number of rotatable bonds is 6. The lowest BCUT2D eigenvalue weighted by molar-refractivity contribution is -0.131. The van der Waals surface area contributed by atoms with Crippen LogP contribution >= 0.6 is 27.3 Å². The van der Waals surface area contributed by atoms with Crippen molar-refractivity contribution in [1.82, 2.24) is 4.98 Å². The molecule has 0 radical (unpaired) electrons. The number of ether oxygens (including phenoxy) is 2. The smallest absolute Gasteiger partial charge is 0.308 e. The highest BCUT2D eigenvalue weighted by Gasteiger charge is 2.16. The number of amides is 1. The number of nitrogens with zero attached hydrogens (tertiary/aromatic N) is 3. The van der Waals surface area contributed by atoms with Crippen molar-refractivity contribution in [2.75, 3.05) is 12.1 Å². The molecule has 30 heavy (non-hydrogen) atoms. The number of halogens is 1. The molecule has 0 bridgehead atoms. The maximum atomic E-state index is 12.2. The first kappa shape index (κ1) is 21.7. The molecule has 0 aliphatic carbocycles. The number of carbonyl (C=O) groups excluding carboxylic acids is 2. The van der Waals surface area contributed by atoms with Gasteiger partial charge in [-0.1, -0.05) is 27.3 Å². The first-order valence-corrected chi connectivity index (χ1v) is 10.4. The Hall–Kier alpha value is -3.04. The average molecular weight is 488 g/mol. The minimum Gasteiger partial charge on any atom is -0.497 e. The Labute approximate surface area is 186 Å². The molecule has 3 rings (SSSR count). The third-order valence-corrected chi connectivity index (χ3v) is 5.40. The van der Waals surface area contributed by atoms with E-state index in [2.05, 4.69) is 26.0 Å². The number of anilines is 1. The maximum Gasteiger partial charge on any atom is 0.308 e. The van der Waals surface area contributed by atoms with Crippen molar-refractivity contribution in [3.63, 3.8) is 0 Å². The Balaban J connectivity index is 1.89. The van der Waals surface area contributed by atoms with Crippen LogP contribution in [0.25, 0.3) is 10.4 Å². The van der Waals surface area contributed by atoms with Crippen LogP contribution in [0.2, 0.25) is 0 Å². The standard InChI is InChI=1S/C21H18BrN3O4S/c1-13(26)25(24-11-16-10-17(22)6-9-19(16)29-14(2)27)21-23-12-20(30-21)15-4-7-18(28-3)8-5-15/h4-12H,1-3H3/b24-11+. The number of benzene rings is 2. The van der Waals surface area contributed by atoms with Gasteiger partial charge in [-0.3, -0.25) is 9.59 Å². The lowest BCUT2D eigenvalue weighted by Gasteiger charge is -2.11. The zero-order chi connectivity index (χ0) is 21.7. The topological polar surface area (TPSA) is 81.1 Å². The minimum atomic E-state index is -0.445. The Morgan fingerprint density at radius 1 is 1.17 bits per heavy atom. The van der Waals surface area contributed by atoms with Gasteiger partial charge in [0.05, 0.1) is 18.2 Å². The summed E-state index contributed by atoms with van der Waals surface area (Å²) in [4.78, 5) is 28.8. The van der Waals surface area contributed by atoms with Gasteiger partial charge in [0.1, 0.15) is 11.5 Å². The summed E-state index contributed by atoms with van der Waals surface area (Å²) in [6.45, 7) is 2.72. The van der Waals surface area contributed by atoms with Crippen LogP contribution in [0.5, 0.6) is 11.5 Å². The van der Waals surface area contributed by atoms with Gasteiger partial charge in [0.2, 0.25) is 11.0 Å². The molecule has 0 fully saturated rings. The molecule has 0 atom stereocenters. The second-order valence-corrected chi connectivity index (χ2v) is 8.01. The number of hydrazone groups is 1. The fraction of sp³-hybridized carbons (Fsp3) is 0.143. The van der Waals surface area contributed by atoms with E-state index in [4.69, 9.17) is 9.47 Å². The molecule has 154 valence electrons. The normalized spacial score (nSPS) is 10.8. The highest BCUT2D eigenvalue weighted by atomic mass is 79.9. The quantitative estimate of drug-likeness (QED) is 0.214. The Kier molecular flexibility index (Phi) is 6.96. The molecule has 0 saturated carbocycles. The largest absolute Gasteiger partial charge is 0.497 e. The van der Waals surface area contributed by atoms with E-state index in [1.54, 1.807) is 31.5 Å². The minimum absolute atomic E-state index is 0.300. The third-order valence-electron chi connectivity index (χ3n) is 3.89. The van der Waals surface area contributed by atoms with Gasteiger partial charge in [-0.2, -0.15) is 10.1 Å². The van der Waals surface area contributed by atoms with Crippen LogP contribution in [-0.2, 0) is 9.59 Å². The van der Waals surface area contributed by atoms with Gasteiger partial charge in [-0.15, -0.1) is 0 Å². The van der Waals surface area contributed by atoms with Crippen molar-refractivity contribution in [2.24, 2.45) is 5.10 Å². The summed E-state index contributed by atoms with van der Waals surface area (Å²) < 4.78 is 11.2. The lowest BCUT2D eigenvalue weighted by atomic mass is 10.2. The van der Waals surface area contributed by atoms with Gasteiger partial charge in [0.25, 0.3) is 0 Å². The average Bonchev–Trinajstić information content (AvgIpc) is 3.19. The molecule has 1 amide bonds. The molecular weight excluding hydrogens is 470 g/mol.